The van der Waals surface area contributed by atoms with Gasteiger partial charge in [-0.2, -0.15) is 0 Å². The molecule has 1 aliphatic carbocycles. The molecule has 0 aliphatic heterocycles. The minimum atomic E-state index is -0.643. The zero-order chi connectivity index (χ0) is 40.6. The standard InChI is InChI=1S/C60H43N/c1-3-17-45(18-4-1)57-26-11-12-28-59(57)60(39-14-13-27-58(60)47-20-5-2-6-21-47)61(54-24-15-23-49(42-54)51-31-29-43-16-7-8-22-48(43)40-51)53-36-33-44(34-37-53)50-35-38-56-52(41-50)32-30-46-19-9-10-25-55(46)56/h1-38,40-42H,39H2. The SMILES string of the molecule is C1=CCC(c2ccccc2-c2ccccc2)(N(c2ccc(-c3ccc4c(ccc5ccccc54)c3)cc2)c2cccc(-c3ccc4ccccc4c3)c2)C(c2ccccc2)=C1. The topological polar surface area (TPSA) is 3.24 Å². The summed E-state index contributed by atoms with van der Waals surface area (Å²) in [5, 5.41) is 7.55. The average molecular weight is 778 g/mol. The Morgan fingerprint density at radius 2 is 0.918 bits per heavy atom. The van der Waals surface area contributed by atoms with Gasteiger partial charge in [-0.05, 0) is 125 Å². The molecule has 1 heteroatoms. The summed E-state index contributed by atoms with van der Waals surface area (Å²) in [7, 11) is 0. The normalized spacial score (nSPS) is 14.9. The van der Waals surface area contributed by atoms with Gasteiger partial charge in [0.15, 0.2) is 0 Å². The summed E-state index contributed by atoms with van der Waals surface area (Å²) in [6.07, 6.45) is 7.69. The lowest BCUT2D eigenvalue weighted by Crippen LogP contribution is -2.45. The summed E-state index contributed by atoms with van der Waals surface area (Å²) in [6, 6.07) is 84.7. The highest BCUT2D eigenvalue weighted by atomic mass is 15.2. The van der Waals surface area contributed by atoms with Crippen LogP contribution in [-0.2, 0) is 5.54 Å². The first-order valence-corrected chi connectivity index (χ1v) is 21.2. The molecule has 0 aromatic heterocycles. The van der Waals surface area contributed by atoms with Gasteiger partial charge in [0.1, 0.15) is 5.54 Å². The van der Waals surface area contributed by atoms with Gasteiger partial charge in [-0.25, -0.2) is 0 Å². The number of allylic oxidation sites excluding steroid dienone is 2. The van der Waals surface area contributed by atoms with E-state index in [4.69, 9.17) is 0 Å². The van der Waals surface area contributed by atoms with Crippen LogP contribution >= 0.6 is 0 Å². The quantitative estimate of drug-likeness (QED) is 0.139. The molecule has 1 unspecified atom stereocenters. The second-order valence-electron chi connectivity index (χ2n) is 16.1. The number of hydrogen-bond acceptors (Lipinski definition) is 1. The summed E-state index contributed by atoms with van der Waals surface area (Å²) >= 11 is 0. The largest absolute Gasteiger partial charge is 0.327 e. The van der Waals surface area contributed by atoms with Gasteiger partial charge in [-0.3, -0.25) is 0 Å². The Kier molecular flexibility index (Phi) is 9.21. The maximum Gasteiger partial charge on any atom is 0.100 e. The zero-order valence-electron chi connectivity index (χ0n) is 33.8. The maximum absolute atomic E-state index is 2.62. The minimum Gasteiger partial charge on any atom is -0.327 e. The van der Waals surface area contributed by atoms with Crippen LogP contribution in [0.4, 0.5) is 11.4 Å². The molecule has 0 radical (unpaired) electrons. The summed E-state index contributed by atoms with van der Waals surface area (Å²) < 4.78 is 0. The molecule has 0 saturated carbocycles. The van der Waals surface area contributed by atoms with Crippen LogP contribution in [0.1, 0.15) is 17.5 Å². The molecule has 0 spiro atoms. The second kappa shape index (κ2) is 15.5. The average Bonchev–Trinajstić information content (AvgIpc) is 3.34. The Morgan fingerprint density at radius 1 is 0.344 bits per heavy atom. The lowest BCUT2D eigenvalue weighted by molar-refractivity contribution is 0.568. The molecule has 0 bridgehead atoms. The third-order valence-corrected chi connectivity index (χ3v) is 12.6. The molecule has 1 atom stereocenters. The van der Waals surface area contributed by atoms with Crippen LogP contribution in [0.5, 0.6) is 0 Å². The molecule has 10 aromatic rings. The van der Waals surface area contributed by atoms with E-state index in [-0.39, 0.29) is 0 Å². The van der Waals surface area contributed by atoms with E-state index in [0.717, 1.165) is 17.8 Å². The molecule has 288 valence electrons. The number of hydrogen-bond donors (Lipinski definition) is 0. The first-order chi connectivity index (χ1) is 30.2. The minimum absolute atomic E-state index is 0.643. The highest BCUT2D eigenvalue weighted by molar-refractivity contribution is 6.08. The number of nitrogens with zero attached hydrogens (tertiary/aromatic N) is 1. The van der Waals surface area contributed by atoms with Crippen LogP contribution in [-0.4, -0.2) is 0 Å². The molecule has 61 heavy (non-hydrogen) atoms. The molecule has 0 saturated heterocycles. The molecule has 0 heterocycles. The Bertz CT molecular complexity index is 3270. The van der Waals surface area contributed by atoms with Crippen LogP contribution < -0.4 is 4.90 Å². The summed E-state index contributed by atoms with van der Waals surface area (Å²) in [6.45, 7) is 0. The first-order valence-electron chi connectivity index (χ1n) is 21.2. The first kappa shape index (κ1) is 36.3. The summed E-state index contributed by atoms with van der Waals surface area (Å²) in [5.41, 5.74) is 12.5. The van der Waals surface area contributed by atoms with Crippen LogP contribution in [0.15, 0.2) is 249 Å². The van der Waals surface area contributed by atoms with Crippen molar-refractivity contribution in [1.29, 1.82) is 0 Å². The van der Waals surface area contributed by atoms with Gasteiger partial charge >= 0.3 is 0 Å². The van der Waals surface area contributed by atoms with Crippen LogP contribution in [0.3, 0.4) is 0 Å². The zero-order valence-corrected chi connectivity index (χ0v) is 33.8. The molecule has 11 rings (SSSR count). The van der Waals surface area contributed by atoms with Crippen molar-refractivity contribution in [3.63, 3.8) is 0 Å². The third-order valence-electron chi connectivity index (χ3n) is 12.6. The van der Waals surface area contributed by atoms with Crippen molar-refractivity contribution in [3.05, 3.63) is 260 Å². The highest BCUT2D eigenvalue weighted by Crippen LogP contribution is 2.54. The van der Waals surface area contributed by atoms with Gasteiger partial charge in [-0.1, -0.05) is 212 Å². The van der Waals surface area contributed by atoms with E-state index in [1.54, 1.807) is 0 Å². The smallest absolute Gasteiger partial charge is 0.100 e. The van der Waals surface area contributed by atoms with Gasteiger partial charge in [0.25, 0.3) is 0 Å². The molecule has 0 amide bonds. The van der Waals surface area contributed by atoms with Crippen molar-refractivity contribution in [2.45, 2.75) is 12.0 Å². The Labute approximate surface area is 357 Å². The Balaban J connectivity index is 1.14. The van der Waals surface area contributed by atoms with Crippen LogP contribution in [0.25, 0.3) is 71.3 Å². The number of benzene rings is 10. The fourth-order valence-electron chi connectivity index (χ4n) is 9.68. The van der Waals surface area contributed by atoms with Crippen LogP contribution in [0, 0.1) is 0 Å². The number of fused-ring (bicyclic) bond motifs is 4. The maximum atomic E-state index is 2.62. The Hall–Kier alpha value is -7.74. The fourth-order valence-corrected chi connectivity index (χ4v) is 9.68. The van der Waals surface area contributed by atoms with Gasteiger partial charge in [0.05, 0.1) is 0 Å². The van der Waals surface area contributed by atoms with Gasteiger partial charge in [0.2, 0.25) is 0 Å². The van der Waals surface area contributed by atoms with E-state index in [1.807, 2.05) is 0 Å². The molecule has 1 nitrogen and oxygen atoms in total. The molecule has 0 N–H and O–H groups in total. The monoisotopic (exact) mass is 777 g/mol. The summed E-state index contributed by atoms with van der Waals surface area (Å²) in [5.74, 6) is 0. The van der Waals surface area contributed by atoms with Crippen LogP contribution in [0.2, 0.25) is 0 Å². The van der Waals surface area contributed by atoms with E-state index in [1.165, 1.54) is 82.4 Å². The van der Waals surface area contributed by atoms with Gasteiger partial charge < -0.3 is 4.90 Å². The van der Waals surface area contributed by atoms with Crippen molar-refractivity contribution < 1.29 is 0 Å². The second-order valence-corrected chi connectivity index (χ2v) is 16.1. The number of rotatable bonds is 8. The van der Waals surface area contributed by atoms with E-state index >= 15 is 0 Å². The van der Waals surface area contributed by atoms with E-state index < -0.39 is 5.54 Å². The van der Waals surface area contributed by atoms with Crippen molar-refractivity contribution in [2.75, 3.05) is 4.90 Å². The van der Waals surface area contributed by atoms with Gasteiger partial charge in [0, 0.05) is 11.4 Å². The van der Waals surface area contributed by atoms with E-state index in [2.05, 4.69) is 254 Å². The fraction of sp³-hybridized carbons (Fsp3) is 0.0333. The van der Waals surface area contributed by atoms with Crippen molar-refractivity contribution in [3.8, 4) is 33.4 Å². The van der Waals surface area contributed by atoms with E-state index in [9.17, 15) is 0 Å². The van der Waals surface area contributed by atoms with Crippen molar-refractivity contribution in [1.82, 2.24) is 0 Å². The Morgan fingerprint density at radius 3 is 1.75 bits per heavy atom. The lowest BCUT2D eigenvalue weighted by Gasteiger charge is -2.49. The molecular formula is C60H43N. The van der Waals surface area contributed by atoms with Crippen molar-refractivity contribution in [2.24, 2.45) is 0 Å². The van der Waals surface area contributed by atoms with Crippen molar-refractivity contribution >= 4 is 49.3 Å². The molecule has 1 aliphatic rings. The molecular weight excluding hydrogens is 735 g/mol. The van der Waals surface area contributed by atoms with Gasteiger partial charge in [-0.15, -0.1) is 0 Å². The van der Waals surface area contributed by atoms with E-state index in [0.29, 0.717) is 0 Å². The number of anilines is 2. The predicted molar refractivity (Wildman–Crippen MR) is 260 cm³/mol. The molecule has 10 aromatic carbocycles. The summed E-state index contributed by atoms with van der Waals surface area (Å²) in [4.78, 5) is 2.62. The highest BCUT2D eigenvalue weighted by Gasteiger charge is 2.45. The molecule has 0 fully saturated rings. The third kappa shape index (κ3) is 6.52. The lowest BCUT2D eigenvalue weighted by atomic mass is 9.70. The predicted octanol–water partition coefficient (Wildman–Crippen LogP) is 16.2.